The zero-order valence-electron chi connectivity index (χ0n) is 22.3. The lowest BCUT2D eigenvalue weighted by atomic mass is 10.2. The monoisotopic (exact) mass is 514 g/mol. The van der Waals surface area contributed by atoms with E-state index in [0.717, 1.165) is 42.0 Å². The van der Waals surface area contributed by atoms with Gasteiger partial charge in [-0.25, -0.2) is 9.97 Å². The van der Waals surface area contributed by atoms with Crippen LogP contribution in [-0.4, -0.2) is 69.6 Å². The second-order valence-electron chi connectivity index (χ2n) is 9.79. The van der Waals surface area contributed by atoms with Crippen molar-refractivity contribution in [3.8, 4) is 17.5 Å². The topological polar surface area (TPSA) is 84.8 Å². The van der Waals surface area contributed by atoms with E-state index in [2.05, 4.69) is 32.3 Å². The molecule has 0 unspecified atom stereocenters. The molecule has 0 spiro atoms. The molecule has 0 atom stereocenters. The van der Waals surface area contributed by atoms with Crippen LogP contribution in [0.4, 0.5) is 5.69 Å². The fourth-order valence-corrected chi connectivity index (χ4v) is 4.66. The maximum atomic E-state index is 13.4. The van der Waals surface area contributed by atoms with Crippen molar-refractivity contribution in [2.45, 2.75) is 26.5 Å². The van der Waals surface area contributed by atoms with Crippen molar-refractivity contribution in [2.24, 2.45) is 7.05 Å². The van der Waals surface area contributed by atoms with E-state index >= 15 is 0 Å². The number of hydrogen-bond acceptors (Lipinski definition) is 7. The van der Waals surface area contributed by atoms with E-state index in [-0.39, 0.29) is 18.0 Å². The number of benzene rings is 2. The number of nitrogens with zero attached hydrogens (tertiary/aromatic N) is 5. The maximum Gasteiger partial charge on any atom is 0.322 e. The quantitative estimate of drug-likeness (QED) is 0.369. The molecule has 2 aromatic carbocycles. The predicted octanol–water partition coefficient (Wildman–Crippen LogP) is 4.55. The molecule has 38 heavy (non-hydrogen) atoms. The Morgan fingerprint density at radius 3 is 2.32 bits per heavy atom. The number of aryl methyl sites for hydroxylation is 1. The summed E-state index contributed by atoms with van der Waals surface area (Å²) in [6.45, 7) is 7.99. The molecular weight excluding hydrogens is 480 g/mol. The number of hydrogen-bond donors (Lipinski definition) is 1. The van der Waals surface area contributed by atoms with Crippen molar-refractivity contribution in [1.29, 1.82) is 0 Å². The summed E-state index contributed by atoms with van der Waals surface area (Å²) in [5.41, 5.74) is 3.64. The van der Waals surface area contributed by atoms with Gasteiger partial charge < -0.3 is 24.3 Å². The zero-order valence-corrected chi connectivity index (χ0v) is 22.3. The Balaban J connectivity index is 1.21. The average Bonchev–Trinajstić information content (AvgIpc) is 3.25. The molecule has 0 saturated carbocycles. The maximum absolute atomic E-state index is 13.4. The lowest BCUT2D eigenvalue weighted by molar-refractivity contribution is 0.0619. The third-order valence-electron chi connectivity index (χ3n) is 6.72. The van der Waals surface area contributed by atoms with Crippen molar-refractivity contribution >= 4 is 22.5 Å². The van der Waals surface area contributed by atoms with Crippen LogP contribution in [0.5, 0.6) is 17.5 Å². The molecule has 1 saturated heterocycles. The van der Waals surface area contributed by atoms with Crippen LogP contribution < -0.4 is 14.8 Å². The molecule has 198 valence electrons. The van der Waals surface area contributed by atoms with Crippen molar-refractivity contribution in [1.82, 2.24) is 24.3 Å². The number of piperazine rings is 1. The number of amides is 1. The van der Waals surface area contributed by atoms with Gasteiger partial charge in [-0.05, 0) is 49.7 Å². The molecule has 9 nitrogen and oxygen atoms in total. The van der Waals surface area contributed by atoms with Gasteiger partial charge in [0.2, 0.25) is 0 Å². The molecule has 0 radical (unpaired) electrons. The van der Waals surface area contributed by atoms with Crippen LogP contribution in [0.2, 0.25) is 0 Å². The van der Waals surface area contributed by atoms with Crippen LogP contribution in [0, 0.1) is 0 Å². The highest BCUT2D eigenvalue weighted by Gasteiger charge is 2.25. The van der Waals surface area contributed by atoms with Gasteiger partial charge in [0, 0.05) is 58.3 Å². The minimum Gasteiger partial charge on any atom is -0.491 e. The number of fused-ring (bicyclic) bond motifs is 1. The molecule has 1 N–H and O–H groups in total. The van der Waals surface area contributed by atoms with Gasteiger partial charge in [0.05, 0.1) is 29.7 Å². The van der Waals surface area contributed by atoms with Crippen LogP contribution >= 0.6 is 0 Å². The minimum atomic E-state index is 0.0481. The van der Waals surface area contributed by atoms with E-state index in [1.807, 2.05) is 73.8 Å². The smallest absolute Gasteiger partial charge is 0.322 e. The normalized spacial score (nSPS) is 14.2. The van der Waals surface area contributed by atoms with Crippen LogP contribution in [0.3, 0.4) is 0 Å². The van der Waals surface area contributed by atoms with Gasteiger partial charge in [0.15, 0.2) is 0 Å². The molecule has 2 aromatic heterocycles. The Morgan fingerprint density at radius 2 is 1.66 bits per heavy atom. The van der Waals surface area contributed by atoms with Gasteiger partial charge in [-0.2, -0.15) is 0 Å². The summed E-state index contributed by atoms with van der Waals surface area (Å²) < 4.78 is 13.5. The molecule has 5 rings (SSSR count). The van der Waals surface area contributed by atoms with Crippen molar-refractivity contribution in [3.05, 3.63) is 72.2 Å². The number of carbonyl (C=O) groups excluding carboxylic acids is 1. The molecule has 1 aliphatic heterocycles. The van der Waals surface area contributed by atoms with Gasteiger partial charge in [-0.1, -0.05) is 12.1 Å². The first-order valence-corrected chi connectivity index (χ1v) is 12.9. The molecule has 1 fully saturated rings. The van der Waals surface area contributed by atoms with Crippen LogP contribution in [0.25, 0.3) is 10.9 Å². The largest absolute Gasteiger partial charge is 0.491 e. The Bertz CT molecular complexity index is 1390. The highest BCUT2D eigenvalue weighted by molar-refractivity contribution is 5.99. The van der Waals surface area contributed by atoms with Gasteiger partial charge >= 0.3 is 6.01 Å². The van der Waals surface area contributed by atoms with E-state index in [0.29, 0.717) is 24.5 Å². The summed E-state index contributed by atoms with van der Waals surface area (Å²) in [7, 11) is 3.73. The highest BCUT2D eigenvalue weighted by atomic mass is 16.5. The average molecular weight is 515 g/mol. The molecule has 0 aliphatic carbocycles. The summed E-state index contributed by atoms with van der Waals surface area (Å²) in [5.74, 6) is 1.56. The third kappa shape index (κ3) is 5.73. The fourth-order valence-electron chi connectivity index (χ4n) is 4.66. The molecule has 3 heterocycles. The first-order valence-electron chi connectivity index (χ1n) is 12.9. The lowest BCUT2D eigenvalue weighted by Crippen LogP contribution is -2.48. The standard InChI is InChI=1S/C29H34N6O3/c1-20(2)37-24-8-5-21(6-9-24)19-34-11-13-35(14-12-34)28(36)27-15-22-7-10-25(16-26(22)33(27)4)38-29-31-17-23(30-3)18-32-29/h5-10,15-18,20,30H,11-14,19H2,1-4H3. The number of aromatic nitrogens is 3. The molecule has 9 heteroatoms. The predicted molar refractivity (Wildman–Crippen MR) is 148 cm³/mol. The van der Waals surface area contributed by atoms with E-state index in [1.165, 1.54) is 5.56 Å². The van der Waals surface area contributed by atoms with Crippen LogP contribution in [0.15, 0.2) is 60.9 Å². The Hall–Kier alpha value is -4.11. The fraction of sp³-hybridized carbons (Fsp3) is 0.345. The van der Waals surface area contributed by atoms with Gasteiger partial charge in [0.25, 0.3) is 5.91 Å². The molecule has 1 amide bonds. The molecule has 4 aromatic rings. The summed E-state index contributed by atoms with van der Waals surface area (Å²) in [6, 6.07) is 16.2. The lowest BCUT2D eigenvalue weighted by Gasteiger charge is -2.34. The van der Waals surface area contributed by atoms with Crippen LogP contribution in [0.1, 0.15) is 29.9 Å². The number of nitrogens with one attached hydrogen (secondary N) is 1. The SMILES string of the molecule is CNc1cnc(Oc2ccc3cc(C(=O)N4CCN(Cc5ccc(OC(C)C)cc5)CC4)n(C)c3c2)nc1. The van der Waals surface area contributed by atoms with E-state index in [9.17, 15) is 4.79 Å². The molecular formula is C29H34N6O3. The Kier molecular flexibility index (Phi) is 7.46. The summed E-state index contributed by atoms with van der Waals surface area (Å²) in [5, 5.41) is 3.97. The second-order valence-corrected chi connectivity index (χ2v) is 9.79. The summed E-state index contributed by atoms with van der Waals surface area (Å²) in [4.78, 5) is 26.2. The molecule has 0 bridgehead atoms. The molecule has 1 aliphatic rings. The van der Waals surface area contributed by atoms with E-state index < -0.39 is 0 Å². The first kappa shape index (κ1) is 25.5. The summed E-state index contributed by atoms with van der Waals surface area (Å²) >= 11 is 0. The Labute approximate surface area is 223 Å². The highest BCUT2D eigenvalue weighted by Crippen LogP contribution is 2.27. The van der Waals surface area contributed by atoms with Crippen molar-refractivity contribution < 1.29 is 14.3 Å². The third-order valence-corrected chi connectivity index (χ3v) is 6.72. The first-order chi connectivity index (χ1) is 18.4. The van der Waals surface area contributed by atoms with Crippen molar-refractivity contribution in [3.63, 3.8) is 0 Å². The number of anilines is 1. The Morgan fingerprint density at radius 1 is 0.974 bits per heavy atom. The minimum absolute atomic E-state index is 0.0481. The number of carbonyl (C=O) groups is 1. The van der Waals surface area contributed by atoms with Crippen molar-refractivity contribution in [2.75, 3.05) is 38.5 Å². The van der Waals surface area contributed by atoms with Gasteiger partial charge in [0.1, 0.15) is 17.2 Å². The number of ether oxygens (including phenoxy) is 2. The van der Waals surface area contributed by atoms with Crippen LogP contribution in [-0.2, 0) is 13.6 Å². The number of rotatable bonds is 8. The van der Waals surface area contributed by atoms with E-state index in [4.69, 9.17) is 9.47 Å². The van der Waals surface area contributed by atoms with Gasteiger partial charge in [-0.3, -0.25) is 9.69 Å². The second kappa shape index (κ2) is 11.1. The zero-order chi connectivity index (χ0) is 26.6. The van der Waals surface area contributed by atoms with E-state index in [1.54, 1.807) is 12.4 Å². The summed E-state index contributed by atoms with van der Waals surface area (Å²) in [6.07, 6.45) is 3.50. The van der Waals surface area contributed by atoms with Gasteiger partial charge in [-0.15, -0.1) is 0 Å².